The minimum absolute atomic E-state index is 0.245. The molecule has 1 heterocycles. The van der Waals surface area contributed by atoms with Gasteiger partial charge >= 0.3 is 0 Å². The third-order valence-corrected chi connectivity index (χ3v) is 2.92. The van der Waals surface area contributed by atoms with Gasteiger partial charge < -0.3 is 10.1 Å². The first-order valence-corrected chi connectivity index (χ1v) is 5.61. The number of hydrogen-bond acceptors (Lipinski definition) is 2. The van der Waals surface area contributed by atoms with Crippen LogP contribution in [0.4, 0.5) is 5.69 Å². The van der Waals surface area contributed by atoms with Gasteiger partial charge in [-0.15, -0.1) is 0 Å². The van der Waals surface area contributed by atoms with Gasteiger partial charge in [0, 0.05) is 27.7 Å². The monoisotopic (exact) mass is 245 g/mol. The summed E-state index contributed by atoms with van der Waals surface area (Å²) in [5.41, 5.74) is 1.20. The fourth-order valence-electron chi connectivity index (χ4n) is 1.52. The molecule has 1 aromatic carbocycles. The van der Waals surface area contributed by atoms with E-state index in [2.05, 4.69) is 12.2 Å². The molecule has 0 radical (unpaired) electrons. The van der Waals surface area contributed by atoms with Crippen LogP contribution in [0.1, 0.15) is 6.92 Å². The van der Waals surface area contributed by atoms with E-state index in [1.165, 1.54) is 0 Å². The Bertz CT molecular complexity index is 343. The first-order valence-electron chi connectivity index (χ1n) is 4.85. The number of halogens is 2. The molecule has 0 unspecified atom stereocenters. The van der Waals surface area contributed by atoms with Crippen LogP contribution in [0, 0.1) is 5.41 Å². The van der Waals surface area contributed by atoms with E-state index in [1.54, 1.807) is 6.07 Å². The highest BCUT2D eigenvalue weighted by atomic mass is 35.5. The van der Waals surface area contributed by atoms with E-state index in [0.29, 0.717) is 10.0 Å². The van der Waals surface area contributed by atoms with Crippen LogP contribution in [0.15, 0.2) is 18.2 Å². The Kier molecular flexibility index (Phi) is 3.10. The van der Waals surface area contributed by atoms with Crippen LogP contribution in [0.3, 0.4) is 0 Å². The maximum Gasteiger partial charge on any atom is 0.0559 e. The van der Waals surface area contributed by atoms with Crippen molar-refractivity contribution in [2.75, 3.05) is 25.1 Å². The van der Waals surface area contributed by atoms with Crippen molar-refractivity contribution >= 4 is 28.9 Å². The Balaban J connectivity index is 1.98. The molecule has 1 saturated heterocycles. The number of benzene rings is 1. The van der Waals surface area contributed by atoms with Gasteiger partial charge in [-0.2, -0.15) is 0 Å². The minimum atomic E-state index is 0.245. The van der Waals surface area contributed by atoms with Gasteiger partial charge in [-0.25, -0.2) is 0 Å². The lowest BCUT2D eigenvalue weighted by Crippen LogP contribution is -2.45. The molecule has 0 atom stereocenters. The van der Waals surface area contributed by atoms with Crippen molar-refractivity contribution in [1.29, 1.82) is 0 Å². The van der Waals surface area contributed by atoms with Gasteiger partial charge in [0.1, 0.15) is 0 Å². The van der Waals surface area contributed by atoms with Crippen molar-refractivity contribution in [2.45, 2.75) is 6.92 Å². The molecule has 2 rings (SSSR count). The molecular weight excluding hydrogens is 233 g/mol. The summed E-state index contributed by atoms with van der Waals surface area (Å²) in [6.07, 6.45) is 0. The van der Waals surface area contributed by atoms with E-state index in [4.69, 9.17) is 27.9 Å². The first kappa shape index (κ1) is 11.1. The molecule has 0 saturated carbocycles. The molecule has 1 aliphatic rings. The summed E-state index contributed by atoms with van der Waals surface area (Å²) in [6.45, 7) is 4.70. The van der Waals surface area contributed by atoms with Crippen molar-refractivity contribution in [3.63, 3.8) is 0 Å². The summed E-state index contributed by atoms with van der Waals surface area (Å²) in [4.78, 5) is 0. The predicted octanol–water partition coefficient (Wildman–Crippen LogP) is 3.44. The molecular formula is C11H13Cl2NO. The summed E-state index contributed by atoms with van der Waals surface area (Å²) in [5.74, 6) is 0. The Labute approximate surface area is 99.5 Å². The second-order valence-electron chi connectivity index (χ2n) is 4.32. The first-order chi connectivity index (χ1) is 7.07. The van der Waals surface area contributed by atoms with Crippen molar-refractivity contribution in [2.24, 2.45) is 5.41 Å². The summed E-state index contributed by atoms with van der Waals surface area (Å²) in [7, 11) is 0. The normalized spacial score (nSPS) is 18.3. The highest BCUT2D eigenvalue weighted by Crippen LogP contribution is 2.28. The van der Waals surface area contributed by atoms with Gasteiger partial charge in [-0.3, -0.25) is 0 Å². The average molecular weight is 246 g/mol. The Morgan fingerprint density at radius 1 is 1.27 bits per heavy atom. The summed E-state index contributed by atoms with van der Waals surface area (Å²) < 4.78 is 5.18. The lowest BCUT2D eigenvalue weighted by atomic mass is 9.89. The molecule has 0 bridgehead atoms. The molecule has 1 aromatic rings. The molecule has 0 amide bonds. The second kappa shape index (κ2) is 4.20. The van der Waals surface area contributed by atoms with Crippen molar-refractivity contribution < 1.29 is 4.74 Å². The van der Waals surface area contributed by atoms with E-state index >= 15 is 0 Å². The lowest BCUT2D eigenvalue weighted by molar-refractivity contribution is -0.0924. The third kappa shape index (κ3) is 2.77. The molecule has 0 spiro atoms. The molecule has 82 valence electrons. The number of rotatable bonds is 3. The molecule has 1 aliphatic heterocycles. The largest absolute Gasteiger partial charge is 0.384 e. The summed E-state index contributed by atoms with van der Waals surface area (Å²) in [5, 5.41) is 4.63. The minimum Gasteiger partial charge on any atom is -0.384 e. The maximum absolute atomic E-state index is 5.90. The fourth-order valence-corrected chi connectivity index (χ4v) is 2.05. The van der Waals surface area contributed by atoms with Crippen LogP contribution in [-0.4, -0.2) is 19.8 Å². The van der Waals surface area contributed by atoms with Gasteiger partial charge in [0.25, 0.3) is 0 Å². The molecule has 2 nitrogen and oxygen atoms in total. The molecule has 4 heteroatoms. The van der Waals surface area contributed by atoms with Gasteiger partial charge in [0.05, 0.1) is 13.2 Å². The Morgan fingerprint density at radius 3 is 2.33 bits per heavy atom. The zero-order valence-corrected chi connectivity index (χ0v) is 10.0. The lowest BCUT2D eigenvalue weighted by Gasteiger charge is -2.38. The smallest absolute Gasteiger partial charge is 0.0559 e. The number of nitrogens with one attached hydrogen (secondary N) is 1. The zero-order valence-electron chi connectivity index (χ0n) is 8.52. The highest BCUT2D eigenvalue weighted by Gasteiger charge is 2.32. The van der Waals surface area contributed by atoms with Gasteiger partial charge in [0.15, 0.2) is 0 Å². The zero-order chi connectivity index (χ0) is 10.9. The molecule has 0 aliphatic carbocycles. The van der Waals surface area contributed by atoms with Crippen LogP contribution in [-0.2, 0) is 4.74 Å². The predicted molar refractivity (Wildman–Crippen MR) is 63.9 cm³/mol. The molecule has 1 N–H and O–H groups in total. The second-order valence-corrected chi connectivity index (χ2v) is 5.19. The number of anilines is 1. The molecule has 0 aromatic heterocycles. The van der Waals surface area contributed by atoms with E-state index in [-0.39, 0.29) is 5.41 Å². The van der Waals surface area contributed by atoms with Crippen molar-refractivity contribution in [1.82, 2.24) is 0 Å². The number of ether oxygens (including phenoxy) is 1. The maximum atomic E-state index is 5.90. The van der Waals surface area contributed by atoms with Crippen LogP contribution < -0.4 is 5.32 Å². The van der Waals surface area contributed by atoms with Gasteiger partial charge in [-0.05, 0) is 18.2 Å². The van der Waals surface area contributed by atoms with Crippen LogP contribution in [0.5, 0.6) is 0 Å². The molecule has 15 heavy (non-hydrogen) atoms. The van der Waals surface area contributed by atoms with Crippen LogP contribution in [0.2, 0.25) is 10.0 Å². The van der Waals surface area contributed by atoms with Gasteiger partial charge in [0.2, 0.25) is 0 Å². The third-order valence-electron chi connectivity index (χ3n) is 2.48. The topological polar surface area (TPSA) is 21.3 Å². The summed E-state index contributed by atoms with van der Waals surface area (Å²) >= 11 is 11.8. The number of hydrogen-bond donors (Lipinski definition) is 1. The van der Waals surface area contributed by atoms with E-state index in [9.17, 15) is 0 Å². The quantitative estimate of drug-likeness (QED) is 0.881. The van der Waals surface area contributed by atoms with E-state index < -0.39 is 0 Å². The van der Waals surface area contributed by atoms with Crippen LogP contribution >= 0.6 is 23.2 Å². The summed E-state index contributed by atoms with van der Waals surface area (Å²) in [6, 6.07) is 5.47. The SMILES string of the molecule is CC1(CNc2cc(Cl)cc(Cl)c2)COC1. The van der Waals surface area contributed by atoms with Crippen molar-refractivity contribution in [3.8, 4) is 0 Å². The average Bonchev–Trinajstić information content (AvgIpc) is 2.10. The Hall–Kier alpha value is -0.440. The highest BCUT2D eigenvalue weighted by molar-refractivity contribution is 6.35. The standard InChI is InChI=1S/C11H13Cl2NO/c1-11(6-15-7-11)5-14-10-3-8(12)2-9(13)4-10/h2-4,14H,5-7H2,1H3. The van der Waals surface area contributed by atoms with E-state index in [0.717, 1.165) is 25.4 Å². The van der Waals surface area contributed by atoms with Crippen LogP contribution in [0.25, 0.3) is 0 Å². The fraction of sp³-hybridized carbons (Fsp3) is 0.455. The molecule has 1 fully saturated rings. The van der Waals surface area contributed by atoms with E-state index in [1.807, 2.05) is 12.1 Å². The Morgan fingerprint density at radius 2 is 1.87 bits per heavy atom. The van der Waals surface area contributed by atoms with Crippen molar-refractivity contribution in [3.05, 3.63) is 28.2 Å². The van der Waals surface area contributed by atoms with Gasteiger partial charge in [-0.1, -0.05) is 30.1 Å².